The van der Waals surface area contributed by atoms with E-state index in [4.69, 9.17) is 14.3 Å². The zero-order valence-electron chi connectivity index (χ0n) is 21.9. The number of pyridine rings is 1. The molecule has 2 saturated heterocycles. The normalized spacial score (nSPS) is 24.4. The minimum atomic E-state index is -0.755. The van der Waals surface area contributed by atoms with Gasteiger partial charge in [-0.3, -0.25) is 9.78 Å². The molecule has 1 unspecified atom stereocenters. The Labute approximate surface area is 222 Å². The molecule has 6 rings (SSSR count). The van der Waals surface area contributed by atoms with E-state index < -0.39 is 17.2 Å². The topological polar surface area (TPSA) is 98.3 Å². The molecule has 4 aliphatic rings. The number of fused-ring (bicyclic) bond motifs is 2. The van der Waals surface area contributed by atoms with E-state index in [1.165, 1.54) is 5.56 Å². The van der Waals surface area contributed by atoms with E-state index in [9.17, 15) is 14.4 Å². The fourth-order valence-corrected chi connectivity index (χ4v) is 6.23. The lowest BCUT2D eigenvalue weighted by Crippen LogP contribution is -2.40. The molecule has 9 heteroatoms. The van der Waals surface area contributed by atoms with Crippen LogP contribution in [-0.4, -0.2) is 65.3 Å². The average Bonchev–Trinajstić information content (AvgIpc) is 3.54. The van der Waals surface area contributed by atoms with E-state index in [1.54, 1.807) is 31.3 Å². The maximum atomic E-state index is 13.8. The minimum Gasteiger partial charge on any atom is -0.449 e. The summed E-state index contributed by atoms with van der Waals surface area (Å²) in [5, 5.41) is 1.67. The van der Waals surface area contributed by atoms with Crippen LogP contribution in [0.1, 0.15) is 78.9 Å². The smallest absolute Gasteiger partial charge is 0.449 e. The lowest BCUT2D eigenvalue weighted by Gasteiger charge is -2.30. The van der Waals surface area contributed by atoms with Crippen LogP contribution in [0, 0.1) is 0 Å². The summed E-state index contributed by atoms with van der Waals surface area (Å²) in [7, 11) is 0. The molecule has 1 atom stereocenters. The summed E-state index contributed by atoms with van der Waals surface area (Å²) in [5.74, 6) is 0.146. The molecule has 2 aromatic rings. The summed E-state index contributed by atoms with van der Waals surface area (Å²) in [6.45, 7) is 5.85. The van der Waals surface area contributed by atoms with Gasteiger partial charge in [0.2, 0.25) is 5.91 Å². The van der Waals surface area contributed by atoms with Gasteiger partial charge in [-0.05, 0) is 62.6 Å². The number of hydrogen-bond acceptors (Lipinski definition) is 8. The second-order valence-corrected chi connectivity index (χ2v) is 11.2. The number of aromatic nitrogens is 1. The number of ether oxygens (including phenoxy) is 2. The summed E-state index contributed by atoms with van der Waals surface area (Å²) in [4.78, 5) is 49.2. The van der Waals surface area contributed by atoms with Gasteiger partial charge < -0.3 is 19.2 Å². The van der Waals surface area contributed by atoms with Crippen molar-refractivity contribution in [3.63, 3.8) is 0 Å². The molecule has 200 valence electrons. The maximum Gasteiger partial charge on any atom is 0.528 e. The van der Waals surface area contributed by atoms with Crippen molar-refractivity contribution in [2.24, 2.45) is 0 Å². The van der Waals surface area contributed by atoms with Crippen molar-refractivity contribution in [1.82, 2.24) is 14.9 Å². The number of esters is 1. The molecule has 0 radical (unpaired) electrons. The molecule has 1 amide bonds. The Hall–Kier alpha value is -3.46. The fourth-order valence-electron chi connectivity index (χ4n) is 6.23. The van der Waals surface area contributed by atoms with E-state index in [-0.39, 0.29) is 18.0 Å². The molecule has 1 saturated carbocycles. The molecule has 0 N–H and O–H groups in total. The van der Waals surface area contributed by atoms with Gasteiger partial charge in [0.15, 0.2) is 5.60 Å². The molecule has 1 spiro atoms. The second kappa shape index (κ2) is 9.38. The van der Waals surface area contributed by atoms with E-state index in [1.807, 2.05) is 11.0 Å². The number of likely N-dealkylation sites (tertiary alicyclic amines) is 1. The van der Waals surface area contributed by atoms with Crippen molar-refractivity contribution in [1.29, 1.82) is 0 Å². The van der Waals surface area contributed by atoms with Crippen LogP contribution in [0.4, 0.5) is 4.79 Å². The largest absolute Gasteiger partial charge is 0.528 e. The van der Waals surface area contributed by atoms with Crippen LogP contribution in [0.25, 0.3) is 0 Å². The van der Waals surface area contributed by atoms with Gasteiger partial charge in [-0.15, -0.1) is 5.06 Å². The number of amides is 1. The van der Waals surface area contributed by atoms with Crippen LogP contribution in [-0.2, 0) is 30.1 Å². The lowest BCUT2D eigenvalue weighted by atomic mass is 9.87. The molecular formula is C29H33N3O6. The number of benzene rings is 1. The third-order valence-corrected chi connectivity index (χ3v) is 8.42. The zero-order chi connectivity index (χ0) is 26.5. The van der Waals surface area contributed by atoms with Gasteiger partial charge in [0, 0.05) is 44.0 Å². The number of carbonyl (C=O) groups is 3. The Morgan fingerprint density at radius 3 is 2.47 bits per heavy atom. The number of rotatable bonds is 5. The van der Waals surface area contributed by atoms with E-state index >= 15 is 0 Å². The Morgan fingerprint density at radius 2 is 1.79 bits per heavy atom. The first-order valence-electron chi connectivity index (χ1n) is 13.5. The molecule has 1 aliphatic carbocycles. The van der Waals surface area contributed by atoms with Crippen molar-refractivity contribution in [2.75, 3.05) is 26.2 Å². The van der Waals surface area contributed by atoms with Gasteiger partial charge >= 0.3 is 12.1 Å². The highest BCUT2D eigenvalue weighted by molar-refractivity contribution is 5.95. The summed E-state index contributed by atoms with van der Waals surface area (Å²) in [6.07, 6.45) is 6.39. The van der Waals surface area contributed by atoms with Gasteiger partial charge in [0.25, 0.3) is 0 Å². The third-order valence-electron chi connectivity index (χ3n) is 8.42. The minimum absolute atomic E-state index is 0.124. The van der Waals surface area contributed by atoms with Crippen molar-refractivity contribution in [2.45, 2.75) is 69.0 Å². The molecule has 0 bridgehead atoms. The monoisotopic (exact) mass is 519 g/mol. The van der Waals surface area contributed by atoms with Crippen LogP contribution >= 0.6 is 0 Å². The average molecular weight is 520 g/mol. The molecule has 1 aromatic carbocycles. The number of carbonyl (C=O) groups excluding carboxylic acids is 3. The maximum absolute atomic E-state index is 13.8. The first-order chi connectivity index (χ1) is 18.3. The van der Waals surface area contributed by atoms with E-state index in [2.05, 4.69) is 29.2 Å². The molecule has 38 heavy (non-hydrogen) atoms. The number of hydroxylamine groups is 2. The highest BCUT2D eigenvalue weighted by Gasteiger charge is 2.57. The van der Waals surface area contributed by atoms with Gasteiger partial charge in [-0.25, -0.2) is 9.59 Å². The van der Waals surface area contributed by atoms with E-state index in [0.29, 0.717) is 44.1 Å². The van der Waals surface area contributed by atoms with Gasteiger partial charge in [-0.1, -0.05) is 24.3 Å². The Bertz CT molecular complexity index is 1250. The standard InChI is InChI=1S/C29H33N3O6/c1-19(2)36-27(35)38-32-14-8-21(9-15-32)20-3-5-22(6-4-20)28(10-11-28)26(34)31-16-12-29(18-31)24-7-13-30-17-23(24)25(33)37-29/h3-7,13,17,19,21H,8-12,14-16,18H2,1-2H3. The highest BCUT2D eigenvalue weighted by atomic mass is 16.8. The summed E-state index contributed by atoms with van der Waals surface area (Å²) >= 11 is 0. The number of piperidine rings is 1. The molecular weight excluding hydrogens is 486 g/mol. The van der Waals surface area contributed by atoms with Crippen LogP contribution in [0.15, 0.2) is 42.7 Å². The third kappa shape index (κ3) is 4.32. The molecule has 3 aliphatic heterocycles. The molecule has 9 nitrogen and oxygen atoms in total. The molecule has 4 heterocycles. The van der Waals surface area contributed by atoms with Gasteiger partial charge in [-0.2, -0.15) is 0 Å². The first-order valence-corrected chi connectivity index (χ1v) is 13.5. The highest BCUT2D eigenvalue weighted by Crippen LogP contribution is 2.52. The number of hydrogen-bond donors (Lipinski definition) is 0. The Morgan fingerprint density at radius 1 is 1.05 bits per heavy atom. The quantitative estimate of drug-likeness (QED) is 0.546. The summed E-state index contributed by atoms with van der Waals surface area (Å²) < 4.78 is 10.9. The van der Waals surface area contributed by atoms with Crippen molar-refractivity contribution in [3.05, 3.63) is 65.0 Å². The predicted molar refractivity (Wildman–Crippen MR) is 136 cm³/mol. The number of nitrogens with zero attached hydrogens (tertiary/aromatic N) is 3. The summed E-state index contributed by atoms with van der Waals surface area (Å²) in [5.41, 5.74) is 2.40. The lowest BCUT2D eigenvalue weighted by molar-refractivity contribution is -0.143. The summed E-state index contributed by atoms with van der Waals surface area (Å²) in [6, 6.07) is 10.3. The van der Waals surface area contributed by atoms with Crippen molar-refractivity contribution in [3.8, 4) is 0 Å². The predicted octanol–water partition coefficient (Wildman–Crippen LogP) is 4.07. The first kappa shape index (κ1) is 24.9. The Kier molecular flexibility index (Phi) is 6.13. The molecule has 3 fully saturated rings. The second-order valence-electron chi connectivity index (χ2n) is 11.2. The SMILES string of the molecule is CC(C)OC(=O)ON1CCC(c2ccc(C3(C(=O)N4CCC5(C4)OC(=O)c4cnccc45)CC3)cc2)CC1. The van der Waals surface area contributed by atoms with E-state index in [0.717, 1.165) is 36.8 Å². The Balaban J connectivity index is 1.08. The zero-order valence-corrected chi connectivity index (χ0v) is 21.9. The fraction of sp³-hybridized carbons (Fsp3) is 0.517. The van der Waals surface area contributed by atoms with Crippen LogP contribution < -0.4 is 0 Å². The van der Waals surface area contributed by atoms with Gasteiger partial charge in [0.05, 0.1) is 23.6 Å². The van der Waals surface area contributed by atoms with Crippen LogP contribution in [0.3, 0.4) is 0 Å². The van der Waals surface area contributed by atoms with Crippen LogP contribution in [0.5, 0.6) is 0 Å². The van der Waals surface area contributed by atoms with Crippen molar-refractivity contribution >= 4 is 18.0 Å². The van der Waals surface area contributed by atoms with Crippen molar-refractivity contribution < 1.29 is 28.7 Å². The molecule has 1 aromatic heterocycles. The van der Waals surface area contributed by atoms with Gasteiger partial charge in [0.1, 0.15) is 0 Å². The van der Waals surface area contributed by atoms with Crippen LogP contribution in [0.2, 0.25) is 0 Å².